The van der Waals surface area contributed by atoms with Gasteiger partial charge < -0.3 is 9.72 Å². The SMILES string of the molecule is CCCS(=O)(=O)n1ccc2ccc(C(=O)c3c[nH]c4ncc(OC5CCCC5)cc34)cc21. The number of aromatic amines is 1. The van der Waals surface area contributed by atoms with Crippen molar-refractivity contribution in [3.8, 4) is 5.75 Å². The van der Waals surface area contributed by atoms with Gasteiger partial charge in [0, 0.05) is 34.3 Å². The van der Waals surface area contributed by atoms with E-state index in [1.165, 1.54) is 16.8 Å². The topological polar surface area (TPSA) is 94.1 Å². The highest BCUT2D eigenvalue weighted by Crippen LogP contribution is 2.29. The zero-order valence-electron chi connectivity index (χ0n) is 17.9. The molecular formula is C24H25N3O4S. The van der Waals surface area contributed by atoms with Gasteiger partial charge in [-0.05, 0) is 50.3 Å². The van der Waals surface area contributed by atoms with Crippen LogP contribution in [-0.2, 0) is 10.0 Å². The Kier molecular flexibility index (Phi) is 5.25. The molecule has 32 heavy (non-hydrogen) atoms. The number of carbonyl (C=O) groups excluding carboxylic acids is 1. The summed E-state index contributed by atoms with van der Waals surface area (Å²) in [6, 6.07) is 8.77. The third-order valence-corrected chi connectivity index (χ3v) is 7.88. The van der Waals surface area contributed by atoms with E-state index < -0.39 is 10.0 Å². The van der Waals surface area contributed by atoms with Crippen LogP contribution in [0.2, 0.25) is 0 Å². The van der Waals surface area contributed by atoms with Gasteiger partial charge in [0.2, 0.25) is 10.0 Å². The van der Waals surface area contributed by atoms with Gasteiger partial charge in [0.15, 0.2) is 5.78 Å². The largest absolute Gasteiger partial charge is 0.489 e. The molecule has 4 aromatic rings. The van der Waals surface area contributed by atoms with Gasteiger partial charge in [-0.25, -0.2) is 17.4 Å². The van der Waals surface area contributed by atoms with E-state index in [1.807, 2.05) is 13.0 Å². The highest BCUT2D eigenvalue weighted by Gasteiger charge is 2.21. The van der Waals surface area contributed by atoms with Crippen LogP contribution in [0, 0.1) is 0 Å². The molecule has 8 heteroatoms. The fourth-order valence-corrected chi connectivity index (χ4v) is 5.85. The van der Waals surface area contributed by atoms with Gasteiger partial charge in [-0.15, -0.1) is 0 Å². The number of hydrogen-bond acceptors (Lipinski definition) is 5. The van der Waals surface area contributed by atoms with Gasteiger partial charge in [-0.1, -0.05) is 19.1 Å². The molecule has 0 radical (unpaired) electrons. The number of ketones is 1. The number of benzene rings is 1. The first-order valence-corrected chi connectivity index (χ1v) is 12.6. The summed E-state index contributed by atoms with van der Waals surface area (Å²) in [6.07, 6.45) is 10.0. The quantitative estimate of drug-likeness (QED) is 0.413. The molecule has 0 unspecified atom stereocenters. The lowest BCUT2D eigenvalue weighted by Crippen LogP contribution is -2.15. The zero-order chi connectivity index (χ0) is 22.3. The van der Waals surface area contributed by atoms with Crippen LogP contribution in [0.15, 0.2) is 48.9 Å². The predicted molar refractivity (Wildman–Crippen MR) is 124 cm³/mol. The molecule has 3 aromatic heterocycles. The lowest BCUT2D eigenvalue weighted by molar-refractivity contribution is 0.104. The number of nitrogens with one attached hydrogen (secondary N) is 1. The Morgan fingerprint density at radius 2 is 2.03 bits per heavy atom. The van der Waals surface area contributed by atoms with Crippen molar-refractivity contribution in [1.82, 2.24) is 13.9 Å². The minimum atomic E-state index is -3.47. The highest BCUT2D eigenvalue weighted by atomic mass is 32.2. The number of fused-ring (bicyclic) bond motifs is 2. The maximum absolute atomic E-state index is 13.4. The Bertz CT molecular complexity index is 1410. The van der Waals surface area contributed by atoms with Gasteiger partial charge in [0.05, 0.1) is 23.6 Å². The second kappa shape index (κ2) is 8.09. The summed E-state index contributed by atoms with van der Waals surface area (Å²) < 4.78 is 32.6. The number of pyridine rings is 1. The monoisotopic (exact) mass is 451 g/mol. The number of rotatable bonds is 7. The first-order chi connectivity index (χ1) is 15.5. The summed E-state index contributed by atoms with van der Waals surface area (Å²) in [5.74, 6) is 0.513. The molecule has 166 valence electrons. The van der Waals surface area contributed by atoms with Crippen LogP contribution in [0.1, 0.15) is 54.9 Å². The van der Waals surface area contributed by atoms with E-state index in [9.17, 15) is 13.2 Å². The number of carbonyl (C=O) groups is 1. The molecule has 1 N–H and O–H groups in total. The molecule has 1 aliphatic rings. The van der Waals surface area contributed by atoms with Gasteiger partial charge in [0.25, 0.3) is 0 Å². The van der Waals surface area contributed by atoms with E-state index in [1.54, 1.807) is 42.9 Å². The van der Waals surface area contributed by atoms with E-state index in [2.05, 4.69) is 9.97 Å². The smallest absolute Gasteiger partial charge is 0.238 e. The lowest BCUT2D eigenvalue weighted by Gasteiger charge is -2.12. The van der Waals surface area contributed by atoms with E-state index in [0.717, 1.165) is 18.2 Å². The standard InChI is InChI=1S/C24H25N3O4S/c1-2-11-32(29,30)27-10-9-16-7-8-17(12-22(16)27)23(28)21-15-26-24-20(21)13-19(14-25-24)31-18-5-3-4-6-18/h7-10,12-15,18H,2-6,11H2,1H3,(H,25,26). The van der Waals surface area contributed by atoms with E-state index in [-0.39, 0.29) is 17.6 Å². The van der Waals surface area contributed by atoms with Crippen LogP contribution in [0.3, 0.4) is 0 Å². The third kappa shape index (κ3) is 3.68. The number of hydrogen-bond donors (Lipinski definition) is 1. The Hall–Kier alpha value is -3.13. The summed E-state index contributed by atoms with van der Waals surface area (Å²) in [6.45, 7) is 1.83. The number of ether oxygens (including phenoxy) is 1. The fraction of sp³-hybridized carbons (Fsp3) is 0.333. The molecule has 0 spiro atoms. The maximum atomic E-state index is 13.4. The van der Waals surface area contributed by atoms with E-state index in [0.29, 0.717) is 39.8 Å². The van der Waals surface area contributed by atoms with Crippen molar-refractivity contribution in [2.45, 2.75) is 45.1 Å². The normalized spacial score (nSPS) is 15.0. The van der Waals surface area contributed by atoms with Crippen molar-refractivity contribution < 1.29 is 17.9 Å². The molecule has 0 amide bonds. The maximum Gasteiger partial charge on any atom is 0.238 e. The molecule has 7 nitrogen and oxygen atoms in total. The first kappa shape index (κ1) is 20.8. The molecule has 5 rings (SSSR count). The summed E-state index contributed by atoms with van der Waals surface area (Å²) in [5.41, 5.74) is 2.03. The van der Waals surface area contributed by atoms with E-state index in [4.69, 9.17) is 4.74 Å². The van der Waals surface area contributed by atoms with E-state index >= 15 is 0 Å². The Balaban J connectivity index is 1.52. The second-order valence-corrected chi connectivity index (χ2v) is 10.3. The number of nitrogens with zero attached hydrogens (tertiary/aromatic N) is 2. The lowest BCUT2D eigenvalue weighted by atomic mass is 10.0. The molecule has 0 bridgehead atoms. The predicted octanol–water partition coefficient (Wildman–Crippen LogP) is 4.66. The molecule has 1 aromatic carbocycles. The van der Waals surface area contributed by atoms with Crippen molar-refractivity contribution in [3.05, 3.63) is 60.0 Å². The molecule has 3 heterocycles. The third-order valence-electron chi connectivity index (χ3n) is 6.04. The van der Waals surface area contributed by atoms with Crippen LogP contribution in [0.4, 0.5) is 0 Å². The van der Waals surface area contributed by atoms with Gasteiger partial charge in [-0.2, -0.15) is 0 Å². The average Bonchev–Trinajstić information content (AvgIpc) is 3.52. The summed E-state index contributed by atoms with van der Waals surface area (Å²) >= 11 is 0. The minimum Gasteiger partial charge on any atom is -0.489 e. The fourth-order valence-electron chi connectivity index (χ4n) is 4.43. The summed E-state index contributed by atoms with van der Waals surface area (Å²) in [5, 5.41) is 1.47. The van der Waals surface area contributed by atoms with Gasteiger partial charge in [0.1, 0.15) is 11.4 Å². The Labute approximate surface area is 186 Å². The zero-order valence-corrected chi connectivity index (χ0v) is 18.7. The average molecular weight is 452 g/mol. The molecule has 1 fully saturated rings. The summed E-state index contributed by atoms with van der Waals surface area (Å²) in [7, 11) is -3.47. The van der Waals surface area contributed by atoms with Crippen molar-refractivity contribution >= 4 is 37.7 Å². The molecule has 0 saturated heterocycles. The van der Waals surface area contributed by atoms with Crippen LogP contribution >= 0.6 is 0 Å². The van der Waals surface area contributed by atoms with Crippen molar-refractivity contribution in [1.29, 1.82) is 0 Å². The molecule has 0 atom stereocenters. The van der Waals surface area contributed by atoms with Crippen molar-refractivity contribution in [2.24, 2.45) is 0 Å². The Morgan fingerprint density at radius 1 is 1.22 bits per heavy atom. The van der Waals surface area contributed by atoms with Crippen molar-refractivity contribution in [3.63, 3.8) is 0 Å². The van der Waals surface area contributed by atoms with Crippen LogP contribution in [0.5, 0.6) is 5.75 Å². The van der Waals surface area contributed by atoms with Crippen molar-refractivity contribution in [2.75, 3.05) is 5.75 Å². The van der Waals surface area contributed by atoms with Crippen LogP contribution in [-0.4, -0.2) is 40.0 Å². The Morgan fingerprint density at radius 3 is 2.81 bits per heavy atom. The first-order valence-electron chi connectivity index (χ1n) is 11.0. The summed E-state index contributed by atoms with van der Waals surface area (Å²) in [4.78, 5) is 20.9. The van der Waals surface area contributed by atoms with Crippen LogP contribution in [0.25, 0.3) is 21.9 Å². The van der Waals surface area contributed by atoms with Gasteiger partial charge in [-0.3, -0.25) is 4.79 Å². The number of aromatic nitrogens is 3. The molecule has 0 aliphatic heterocycles. The van der Waals surface area contributed by atoms with Crippen LogP contribution < -0.4 is 4.74 Å². The molecular weight excluding hydrogens is 426 g/mol. The second-order valence-electron chi connectivity index (χ2n) is 8.32. The highest BCUT2D eigenvalue weighted by molar-refractivity contribution is 7.90. The molecule has 1 saturated carbocycles. The minimum absolute atomic E-state index is 0.0485. The molecule has 1 aliphatic carbocycles. The number of H-pyrrole nitrogens is 1. The van der Waals surface area contributed by atoms with Gasteiger partial charge >= 0.3 is 0 Å².